The molecule has 2 saturated carbocycles. The Kier molecular flexibility index (Phi) is 6.22. The van der Waals surface area contributed by atoms with Crippen LogP contribution >= 0.6 is 0 Å². The van der Waals surface area contributed by atoms with Gasteiger partial charge in [0.1, 0.15) is 0 Å². The molecule has 4 heteroatoms. The lowest BCUT2D eigenvalue weighted by atomic mass is 9.68. The Morgan fingerprint density at radius 2 is 1.37 bits per heavy atom. The SMILES string of the molecule is Cc1ccc2cc(C3CCC(C4CCC(C=C(F)C(F)(F)F)CC4)CC3)ccc2c1. The third-order valence-electron chi connectivity index (χ3n) is 7.40. The molecule has 30 heavy (non-hydrogen) atoms. The van der Waals surface area contributed by atoms with Gasteiger partial charge in [0, 0.05) is 0 Å². The minimum atomic E-state index is -4.84. The van der Waals surface area contributed by atoms with Gasteiger partial charge in [0.05, 0.1) is 0 Å². The van der Waals surface area contributed by atoms with E-state index < -0.39 is 12.0 Å². The van der Waals surface area contributed by atoms with Crippen LogP contribution in [0.25, 0.3) is 10.8 Å². The summed E-state index contributed by atoms with van der Waals surface area (Å²) in [5.74, 6) is -0.324. The van der Waals surface area contributed by atoms with E-state index in [-0.39, 0.29) is 5.92 Å². The highest BCUT2D eigenvalue weighted by molar-refractivity contribution is 5.83. The summed E-state index contributed by atoms with van der Waals surface area (Å²) in [5, 5.41) is 2.60. The molecule has 0 spiro atoms. The van der Waals surface area contributed by atoms with Gasteiger partial charge < -0.3 is 0 Å². The van der Waals surface area contributed by atoms with E-state index in [9.17, 15) is 17.6 Å². The molecule has 0 nitrogen and oxygen atoms in total. The van der Waals surface area contributed by atoms with Crippen molar-refractivity contribution in [1.29, 1.82) is 0 Å². The number of hydrogen-bond donors (Lipinski definition) is 0. The van der Waals surface area contributed by atoms with Gasteiger partial charge >= 0.3 is 6.18 Å². The first-order valence-electron chi connectivity index (χ1n) is 11.2. The number of hydrogen-bond acceptors (Lipinski definition) is 0. The van der Waals surface area contributed by atoms with Crippen molar-refractivity contribution in [2.45, 2.75) is 70.4 Å². The predicted octanol–water partition coefficient (Wildman–Crippen LogP) is 8.64. The second-order valence-electron chi connectivity index (χ2n) is 9.41. The van der Waals surface area contributed by atoms with Gasteiger partial charge in [-0.15, -0.1) is 0 Å². The Labute approximate surface area is 176 Å². The summed E-state index contributed by atoms with van der Waals surface area (Å²) >= 11 is 0. The largest absolute Gasteiger partial charge is 0.442 e. The first-order valence-corrected chi connectivity index (χ1v) is 11.2. The van der Waals surface area contributed by atoms with Gasteiger partial charge in [-0.1, -0.05) is 42.0 Å². The summed E-state index contributed by atoms with van der Waals surface area (Å²) in [4.78, 5) is 0. The Bertz CT molecular complexity index is 895. The monoisotopic (exact) mass is 418 g/mol. The molecule has 0 radical (unpaired) electrons. The van der Waals surface area contributed by atoms with Crippen molar-refractivity contribution in [3.05, 3.63) is 59.4 Å². The highest BCUT2D eigenvalue weighted by Crippen LogP contribution is 2.45. The minimum absolute atomic E-state index is 0.263. The average molecular weight is 419 g/mol. The van der Waals surface area contributed by atoms with E-state index in [2.05, 4.69) is 43.3 Å². The highest BCUT2D eigenvalue weighted by atomic mass is 19.4. The molecule has 2 aromatic rings. The second kappa shape index (κ2) is 8.72. The van der Waals surface area contributed by atoms with Gasteiger partial charge in [0.25, 0.3) is 0 Å². The zero-order chi connectivity index (χ0) is 21.3. The van der Waals surface area contributed by atoms with Gasteiger partial charge in [-0.25, -0.2) is 4.39 Å². The van der Waals surface area contributed by atoms with Crippen molar-refractivity contribution in [1.82, 2.24) is 0 Å². The first kappa shape index (κ1) is 21.4. The fraction of sp³-hybridized carbons (Fsp3) is 0.538. The van der Waals surface area contributed by atoms with Crippen molar-refractivity contribution >= 4 is 10.8 Å². The van der Waals surface area contributed by atoms with Gasteiger partial charge in [0.15, 0.2) is 5.83 Å². The molecule has 0 heterocycles. The number of fused-ring (bicyclic) bond motifs is 1. The van der Waals surface area contributed by atoms with Crippen LogP contribution in [0.5, 0.6) is 0 Å². The molecule has 2 fully saturated rings. The van der Waals surface area contributed by atoms with Crippen LogP contribution < -0.4 is 0 Å². The molecule has 2 aliphatic rings. The maximum absolute atomic E-state index is 13.2. The van der Waals surface area contributed by atoms with Crippen molar-refractivity contribution < 1.29 is 17.6 Å². The molecular weight excluding hydrogens is 388 g/mol. The fourth-order valence-electron chi connectivity index (χ4n) is 5.65. The third-order valence-corrected chi connectivity index (χ3v) is 7.40. The Balaban J connectivity index is 1.31. The maximum Gasteiger partial charge on any atom is 0.442 e. The highest BCUT2D eigenvalue weighted by Gasteiger charge is 2.36. The van der Waals surface area contributed by atoms with Crippen molar-refractivity contribution in [3.63, 3.8) is 0 Å². The molecule has 0 unspecified atom stereocenters. The number of halogens is 4. The van der Waals surface area contributed by atoms with E-state index in [1.54, 1.807) is 0 Å². The van der Waals surface area contributed by atoms with Crippen molar-refractivity contribution in [2.75, 3.05) is 0 Å². The number of alkyl halides is 3. The first-order chi connectivity index (χ1) is 14.3. The standard InChI is InChI=1S/C26H30F4/c1-17-2-5-24-16-23(13-12-22(24)14-17)21-10-8-20(9-11-21)19-6-3-18(4-7-19)15-25(27)26(28,29)30/h2,5,12-16,18-21H,3-4,6-11H2,1H3. The van der Waals surface area contributed by atoms with E-state index in [0.717, 1.165) is 18.9 Å². The lowest BCUT2D eigenvalue weighted by Crippen LogP contribution is -2.25. The van der Waals surface area contributed by atoms with Crippen LogP contribution in [-0.2, 0) is 0 Å². The van der Waals surface area contributed by atoms with Gasteiger partial charge in [-0.05, 0) is 104 Å². The maximum atomic E-state index is 13.2. The van der Waals surface area contributed by atoms with Crippen molar-refractivity contribution in [2.24, 2.45) is 17.8 Å². The molecule has 0 bridgehead atoms. The fourth-order valence-corrected chi connectivity index (χ4v) is 5.65. The number of benzene rings is 2. The summed E-state index contributed by atoms with van der Waals surface area (Å²) in [6, 6.07) is 13.4. The average Bonchev–Trinajstić information content (AvgIpc) is 2.73. The van der Waals surface area contributed by atoms with Gasteiger partial charge in [-0.3, -0.25) is 0 Å². The van der Waals surface area contributed by atoms with E-state index in [0.29, 0.717) is 30.6 Å². The molecule has 4 rings (SSSR count). The summed E-state index contributed by atoms with van der Waals surface area (Å²) in [6.45, 7) is 2.12. The van der Waals surface area contributed by atoms with Gasteiger partial charge in [0.2, 0.25) is 0 Å². The quantitative estimate of drug-likeness (QED) is 0.438. The second-order valence-corrected chi connectivity index (χ2v) is 9.41. The molecular formula is C26H30F4. The van der Waals surface area contributed by atoms with Crippen LogP contribution in [0.15, 0.2) is 48.3 Å². The molecule has 0 amide bonds. The summed E-state index contributed by atoms with van der Waals surface area (Å²) in [5.41, 5.74) is 2.71. The Hall–Kier alpha value is -1.84. The number of rotatable bonds is 3. The lowest BCUT2D eigenvalue weighted by molar-refractivity contribution is -0.109. The lowest BCUT2D eigenvalue weighted by Gasteiger charge is -2.37. The topological polar surface area (TPSA) is 0 Å². The van der Waals surface area contributed by atoms with E-state index in [1.807, 2.05) is 0 Å². The van der Waals surface area contributed by atoms with Crippen LogP contribution in [0.3, 0.4) is 0 Å². The molecule has 0 aromatic heterocycles. The predicted molar refractivity (Wildman–Crippen MR) is 114 cm³/mol. The molecule has 2 aromatic carbocycles. The normalized spacial score (nSPS) is 28.6. The van der Waals surface area contributed by atoms with Crippen LogP contribution in [0.2, 0.25) is 0 Å². The minimum Gasteiger partial charge on any atom is -0.202 e. The van der Waals surface area contributed by atoms with E-state index in [1.165, 1.54) is 47.6 Å². The molecule has 2 aliphatic carbocycles. The Morgan fingerprint density at radius 1 is 0.800 bits per heavy atom. The van der Waals surface area contributed by atoms with Crippen LogP contribution in [0.1, 0.15) is 68.4 Å². The summed E-state index contributed by atoms with van der Waals surface area (Å²) in [7, 11) is 0. The number of aryl methyl sites for hydroxylation is 1. The van der Waals surface area contributed by atoms with E-state index in [4.69, 9.17) is 0 Å². The Morgan fingerprint density at radius 3 is 2.00 bits per heavy atom. The van der Waals surface area contributed by atoms with Crippen LogP contribution in [0, 0.1) is 24.7 Å². The van der Waals surface area contributed by atoms with Crippen LogP contribution in [0.4, 0.5) is 17.6 Å². The zero-order valence-corrected chi connectivity index (χ0v) is 17.5. The molecule has 162 valence electrons. The van der Waals surface area contributed by atoms with E-state index >= 15 is 0 Å². The summed E-state index contributed by atoms with van der Waals surface area (Å²) < 4.78 is 50.4. The molecule has 0 N–H and O–H groups in total. The molecule has 0 saturated heterocycles. The molecule has 0 aliphatic heterocycles. The third kappa shape index (κ3) is 4.90. The smallest absolute Gasteiger partial charge is 0.202 e. The summed E-state index contributed by atoms with van der Waals surface area (Å²) in [6.07, 6.45) is 3.95. The van der Waals surface area contributed by atoms with Crippen molar-refractivity contribution in [3.8, 4) is 0 Å². The molecule has 0 atom stereocenters. The zero-order valence-electron chi connectivity index (χ0n) is 17.5. The van der Waals surface area contributed by atoms with Gasteiger partial charge in [-0.2, -0.15) is 13.2 Å². The van der Waals surface area contributed by atoms with Crippen LogP contribution in [-0.4, -0.2) is 6.18 Å². The number of allylic oxidation sites excluding steroid dienone is 2.